The topological polar surface area (TPSA) is 102 Å². The molecule has 29 heavy (non-hydrogen) atoms. The number of hydrogen-bond acceptors (Lipinski definition) is 5. The van der Waals surface area contributed by atoms with Crippen molar-refractivity contribution >= 4 is 17.6 Å². The van der Waals surface area contributed by atoms with E-state index in [2.05, 4.69) is 10.1 Å². The number of nitrogens with zero attached hydrogens (tertiary/aromatic N) is 2. The fourth-order valence-corrected chi connectivity index (χ4v) is 2.95. The number of carbonyl (C=O) groups is 2. The van der Waals surface area contributed by atoms with Crippen LogP contribution >= 0.6 is 0 Å². The third kappa shape index (κ3) is 4.13. The number of imide groups is 1. The highest BCUT2D eigenvalue weighted by molar-refractivity contribution is 6.07. The van der Waals surface area contributed by atoms with Crippen molar-refractivity contribution in [2.45, 2.75) is 25.4 Å². The number of rotatable bonds is 5. The first-order valence-corrected chi connectivity index (χ1v) is 8.23. The molecule has 0 saturated carbocycles. The number of urea groups is 1. The number of carbonyl (C=O) groups excluding carboxylic acids is 2. The van der Waals surface area contributed by atoms with E-state index in [0.717, 1.165) is 17.0 Å². The van der Waals surface area contributed by atoms with Crippen LogP contribution in [0, 0.1) is 10.1 Å². The first-order chi connectivity index (χ1) is 13.5. The fourth-order valence-electron chi connectivity index (χ4n) is 2.95. The van der Waals surface area contributed by atoms with Gasteiger partial charge in [-0.05, 0) is 30.2 Å². The van der Waals surface area contributed by atoms with Gasteiger partial charge in [0.2, 0.25) is 0 Å². The van der Waals surface area contributed by atoms with Gasteiger partial charge in [-0.15, -0.1) is 13.2 Å². The van der Waals surface area contributed by atoms with Crippen LogP contribution in [0.25, 0.3) is 0 Å². The Hall–Kier alpha value is -3.63. The molecule has 2 aromatic rings. The number of nitro groups is 1. The number of alkyl halides is 3. The summed E-state index contributed by atoms with van der Waals surface area (Å²) in [5.41, 5.74) is -1.11. The molecule has 1 heterocycles. The highest BCUT2D eigenvalue weighted by atomic mass is 19.4. The summed E-state index contributed by atoms with van der Waals surface area (Å²) in [7, 11) is 0. The standard InChI is InChI=1S/C18H14F3N3O5/c1-17(12-3-2-4-13(9-12)24(27)28)15(25)23(16(26)22-17)10-11-5-7-14(8-6-11)29-18(19,20)21/h2-9H,10H2,1H3,(H,22,26)/t17-/m1/s1. The minimum absolute atomic E-state index is 0.193. The van der Waals surface area contributed by atoms with Gasteiger partial charge in [-0.25, -0.2) is 4.79 Å². The van der Waals surface area contributed by atoms with Gasteiger partial charge in [0, 0.05) is 12.1 Å². The Morgan fingerprint density at radius 3 is 2.41 bits per heavy atom. The van der Waals surface area contributed by atoms with Crippen LogP contribution in [0.1, 0.15) is 18.1 Å². The lowest BCUT2D eigenvalue weighted by molar-refractivity contribution is -0.385. The summed E-state index contributed by atoms with van der Waals surface area (Å²) in [5.74, 6) is -1.07. The lowest BCUT2D eigenvalue weighted by Gasteiger charge is -2.22. The normalized spacial score (nSPS) is 19.2. The lowest BCUT2D eigenvalue weighted by Crippen LogP contribution is -2.40. The van der Waals surface area contributed by atoms with E-state index >= 15 is 0 Å². The Morgan fingerprint density at radius 2 is 1.83 bits per heavy atom. The third-order valence-corrected chi connectivity index (χ3v) is 4.41. The number of halogens is 3. The molecule has 0 unspecified atom stereocenters. The van der Waals surface area contributed by atoms with E-state index < -0.39 is 34.5 Å². The number of hydrogen-bond donors (Lipinski definition) is 1. The maximum atomic E-state index is 12.9. The van der Waals surface area contributed by atoms with Crippen LogP contribution < -0.4 is 10.1 Å². The van der Waals surface area contributed by atoms with Gasteiger partial charge >= 0.3 is 12.4 Å². The van der Waals surface area contributed by atoms with E-state index in [4.69, 9.17) is 0 Å². The van der Waals surface area contributed by atoms with Gasteiger partial charge in [0.25, 0.3) is 11.6 Å². The molecular weight excluding hydrogens is 395 g/mol. The van der Waals surface area contributed by atoms with Crippen molar-refractivity contribution in [3.8, 4) is 5.75 Å². The van der Waals surface area contributed by atoms with Crippen LogP contribution in [-0.4, -0.2) is 28.1 Å². The number of benzene rings is 2. The molecule has 1 N–H and O–H groups in total. The van der Waals surface area contributed by atoms with Crippen molar-refractivity contribution in [3.05, 3.63) is 69.8 Å². The molecular formula is C18H14F3N3O5. The van der Waals surface area contributed by atoms with Crippen molar-refractivity contribution in [1.29, 1.82) is 0 Å². The molecule has 0 bridgehead atoms. The second-order valence-electron chi connectivity index (χ2n) is 6.45. The van der Waals surface area contributed by atoms with Gasteiger partial charge in [-0.1, -0.05) is 24.3 Å². The summed E-state index contributed by atoms with van der Waals surface area (Å²) in [6.07, 6.45) is -4.83. The Morgan fingerprint density at radius 1 is 1.17 bits per heavy atom. The molecule has 2 aromatic carbocycles. The van der Waals surface area contributed by atoms with Crippen LogP contribution in [-0.2, 0) is 16.9 Å². The summed E-state index contributed by atoms with van der Waals surface area (Å²) in [4.78, 5) is 36.5. The average molecular weight is 409 g/mol. The molecule has 8 nitrogen and oxygen atoms in total. The maximum Gasteiger partial charge on any atom is 0.573 e. The third-order valence-electron chi connectivity index (χ3n) is 4.41. The zero-order valence-electron chi connectivity index (χ0n) is 14.9. The molecule has 0 radical (unpaired) electrons. The lowest BCUT2D eigenvalue weighted by atomic mass is 9.91. The minimum Gasteiger partial charge on any atom is -0.406 e. The van der Waals surface area contributed by atoms with Gasteiger partial charge in [-0.3, -0.25) is 19.8 Å². The molecule has 3 rings (SSSR count). The van der Waals surface area contributed by atoms with Gasteiger partial charge < -0.3 is 10.1 Å². The summed E-state index contributed by atoms with van der Waals surface area (Å²) >= 11 is 0. The second-order valence-corrected chi connectivity index (χ2v) is 6.45. The molecule has 1 saturated heterocycles. The first kappa shape index (κ1) is 20.1. The van der Waals surface area contributed by atoms with Crippen LogP contribution in [0.2, 0.25) is 0 Å². The van der Waals surface area contributed by atoms with Crippen molar-refractivity contribution in [1.82, 2.24) is 10.2 Å². The predicted molar refractivity (Wildman–Crippen MR) is 92.7 cm³/mol. The maximum absolute atomic E-state index is 12.9. The molecule has 3 amide bonds. The van der Waals surface area contributed by atoms with Crippen LogP contribution in [0.5, 0.6) is 5.75 Å². The van der Waals surface area contributed by atoms with E-state index in [0.29, 0.717) is 5.56 Å². The van der Waals surface area contributed by atoms with Crippen LogP contribution in [0.3, 0.4) is 0 Å². The van der Waals surface area contributed by atoms with E-state index in [9.17, 15) is 32.9 Å². The number of ether oxygens (including phenoxy) is 1. The Bertz CT molecular complexity index is 977. The predicted octanol–water partition coefficient (Wildman–Crippen LogP) is 3.46. The van der Waals surface area contributed by atoms with Crippen LogP contribution in [0.4, 0.5) is 23.7 Å². The van der Waals surface area contributed by atoms with Crippen molar-refractivity contribution < 1.29 is 32.4 Å². The molecule has 152 valence electrons. The zero-order chi connectivity index (χ0) is 21.4. The summed E-state index contributed by atoms with van der Waals surface area (Å²) in [6.45, 7) is 1.23. The van der Waals surface area contributed by atoms with Crippen LogP contribution in [0.15, 0.2) is 48.5 Å². The SMILES string of the molecule is C[C@]1(c2cccc([N+](=O)[O-])c2)NC(=O)N(Cc2ccc(OC(F)(F)F)cc2)C1=O. The monoisotopic (exact) mass is 409 g/mol. The van der Waals surface area contributed by atoms with E-state index in [1.54, 1.807) is 0 Å². The van der Waals surface area contributed by atoms with E-state index in [1.165, 1.54) is 43.3 Å². The molecule has 0 aliphatic carbocycles. The van der Waals surface area contributed by atoms with Crippen molar-refractivity contribution in [2.75, 3.05) is 0 Å². The second kappa shape index (κ2) is 7.08. The van der Waals surface area contributed by atoms with Gasteiger partial charge in [0.1, 0.15) is 11.3 Å². The number of nitrogens with one attached hydrogen (secondary N) is 1. The van der Waals surface area contributed by atoms with E-state index in [1.807, 2.05) is 0 Å². The number of amides is 3. The zero-order valence-corrected chi connectivity index (χ0v) is 14.9. The highest BCUT2D eigenvalue weighted by Gasteiger charge is 2.49. The molecule has 1 aliphatic rings. The molecule has 1 aliphatic heterocycles. The number of non-ortho nitro benzene ring substituents is 1. The van der Waals surface area contributed by atoms with Gasteiger partial charge in [0.15, 0.2) is 0 Å². The Balaban J connectivity index is 1.80. The van der Waals surface area contributed by atoms with Gasteiger partial charge in [0.05, 0.1) is 11.5 Å². The molecule has 11 heteroatoms. The Labute approximate surface area is 162 Å². The molecule has 0 aromatic heterocycles. The minimum atomic E-state index is -4.83. The smallest absolute Gasteiger partial charge is 0.406 e. The molecule has 1 atom stereocenters. The van der Waals surface area contributed by atoms with Crippen molar-refractivity contribution in [3.63, 3.8) is 0 Å². The van der Waals surface area contributed by atoms with Crippen molar-refractivity contribution in [2.24, 2.45) is 0 Å². The summed E-state index contributed by atoms with van der Waals surface area (Å²) in [6, 6.07) is 9.36. The molecule has 1 fully saturated rings. The van der Waals surface area contributed by atoms with E-state index in [-0.39, 0.29) is 17.8 Å². The Kier molecular flexibility index (Phi) is 4.91. The average Bonchev–Trinajstić information content (AvgIpc) is 2.86. The largest absolute Gasteiger partial charge is 0.573 e. The fraction of sp³-hybridized carbons (Fsp3) is 0.222. The summed E-state index contributed by atoms with van der Waals surface area (Å²) < 4.78 is 40.5. The molecule has 0 spiro atoms. The first-order valence-electron chi connectivity index (χ1n) is 8.23. The highest BCUT2D eigenvalue weighted by Crippen LogP contribution is 2.32. The quantitative estimate of drug-likeness (QED) is 0.463. The number of nitro benzene ring substituents is 1. The summed E-state index contributed by atoms with van der Waals surface area (Å²) in [5, 5.41) is 13.5. The van der Waals surface area contributed by atoms with Gasteiger partial charge in [-0.2, -0.15) is 0 Å².